The zero-order valence-electron chi connectivity index (χ0n) is 12.0. The number of amides is 2. The maximum absolute atomic E-state index is 13.0. The maximum Gasteiger partial charge on any atom is 0.272 e. The lowest BCUT2D eigenvalue weighted by atomic mass is 10.3. The van der Waals surface area contributed by atoms with Crippen molar-refractivity contribution in [3.63, 3.8) is 0 Å². The Hall–Kier alpha value is -3.10. The normalized spacial score (nSPS) is 10.2. The molecule has 7 nitrogen and oxygen atoms in total. The van der Waals surface area contributed by atoms with Crippen LogP contribution in [0.15, 0.2) is 35.1 Å². The van der Waals surface area contributed by atoms with Crippen molar-refractivity contribution in [2.45, 2.75) is 0 Å². The Bertz CT molecular complexity index is 820. The molecule has 120 valence electrons. The van der Waals surface area contributed by atoms with Gasteiger partial charge in [-0.2, -0.15) is 5.10 Å². The van der Waals surface area contributed by atoms with Crippen molar-refractivity contribution in [1.82, 2.24) is 15.1 Å². The first-order valence-electron chi connectivity index (χ1n) is 6.44. The highest BCUT2D eigenvalue weighted by Gasteiger charge is 2.11. The average Bonchev–Trinajstić information content (AvgIpc) is 2.51. The first kappa shape index (κ1) is 16.3. The first-order valence-corrected chi connectivity index (χ1v) is 6.44. The van der Waals surface area contributed by atoms with E-state index in [1.165, 1.54) is 25.2 Å². The molecule has 0 atom stereocenters. The fourth-order valence-electron chi connectivity index (χ4n) is 1.65. The molecule has 2 aromatic rings. The number of hydrogen-bond acceptors (Lipinski definition) is 4. The van der Waals surface area contributed by atoms with Crippen molar-refractivity contribution < 1.29 is 18.4 Å². The minimum atomic E-state index is -1.10. The zero-order valence-corrected chi connectivity index (χ0v) is 12.0. The Balaban J connectivity index is 1.93. The van der Waals surface area contributed by atoms with Crippen LogP contribution >= 0.6 is 0 Å². The number of nitrogens with one attached hydrogen (secondary N) is 2. The van der Waals surface area contributed by atoms with Gasteiger partial charge in [-0.25, -0.2) is 13.5 Å². The number of halogens is 2. The number of carbonyl (C=O) groups is 2. The summed E-state index contributed by atoms with van der Waals surface area (Å²) in [5, 5.41) is 8.32. The predicted octanol–water partition coefficient (Wildman–Crippen LogP) is 0.427. The molecule has 0 fully saturated rings. The quantitative estimate of drug-likeness (QED) is 0.853. The molecule has 1 heterocycles. The molecule has 0 bridgehead atoms. The van der Waals surface area contributed by atoms with Gasteiger partial charge in [0.2, 0.25) is 5.91 Å². The SMILES string of the molecule is Cn1nc(C(=O)NCC(=O)Nc2ccc(F)c(F)c2)ccc1=O. The number of carbonyl (C=O) groups excluding carboxylic acids is 2. The Morgan fingerprint density at radius 1 is 1.17 bits per heavy atom. The molecule has 0 aliphatic heterocycles. The number of aromatic nitrogens is 2. The van der Waals surface area contributed by atoms with E-state index in [4.69, 9.17) is 0 Å². The minimum Gasteiger partial charge on any atom is -0.342 e. The van der Waals surface area contributed by atoms with E-state index in [0.717, 1.165) is 16.8 Å². The van der Waals surface area contributed by atoms with Gasteiger partial charge >= 0.3 is 0 Å². The van der Waals surface area contributed by atoms with Gasteiger partial charge in [0, 0.05) is 24.9 Å². The van der Waals surface area contributed by atoms with Crippen molar-refractivity contribution in [3.05, 3.63) is 58.0 Å². The molecule has 23 heavy (non-hydrogen) atoms. The second-order valence-corrected chi connectivity index (χ2v) is 4.54. The fraction of sp³-hybridized carbons (Fsp3) is 0.143. The van der Waals surface area contributed by atoms with Crippen molar-refractivity contribution >= 4 is 17.5 Å². The van der Waals surface area contributed by atoms with Crippen LogP contribution in [0.3, 0.4) is 0 Å². The largest absolute Gasteiger partial charge is 0.342 e. The van der Waals surface area contributed by atoms with E-state index in [1.807, 2.05) is 0 Å². The summed E-state index contributed by atoms with van der Waals surface area (Å²) in [6, 6.07) is 5.28. The molecule has 2 amide bonds. The van der Waals surface area contributed by atoms with Crippen LogP contribution in [0.2, 0.25) is 0 Å². The van der Waals surface area contributed by atoms with Crippen molar-refractivity contribution in [2.24, 2.45) is 7.05 Å². The van der Waals surface area contributed by atoms with E-state index in [0.29, 0.717) is 0 Å². The van der Waals surface area contributed by atoms with E-state index >= 15 is 0 Å². The molecule has 0 aliphatic carbocycles. The van der Waals surface area contributed by atoms with Crippen molar-refractivity contribution in [3.8, 4) is 0 Å². The van der Waals surface area contributed by atoms with Crippen LogP contribution in [0.5, 0.6) is 0 Å². The van der Waals surface area contributed by atoms with Gasteiger partial charge in [-0.05, 0) is 18.2 Å². The highest BCUT2D eigenvalue weighted by molar-refractivity contribution is 5.98. The molecule has 2 N–H and O–H groups in total. The Morgan fingerprint density at radius 3 is 2.57 bits per heavy atom. The molecule has 1 aromatic heterocycles. The summed E-state index contributed by atoms with van der Waals surface area (Å²) in [7, 11) is 1.38. The highest BCUT2D eigenvalue weighted by Crippen LogP contribution is 2.12. The molecular formula is C14H12F2N4O3. The van der Waals surface area contributed by atoms with Crippen molar-refractivity contribution in [1.29, 1.82) is 0 Å². The molecular weight excluding hydrogens is 310 g/mol. The second kappa shape index (κ2) is 6.77. The lowest BCUT2D eigenvalue weighted by Gasteiger charge is -2.07. The number of nitrogens with zero attached hydrogens (tertiary/aromatic N) is 2. The van der Waals surface area contributed by atoms with Crippen LogP contribution in [0.25, 0.3) is 0 Å². The van der Waals surface area contributed by atoms with Gasteiger partial charge in [-0.3, -0.25) is 14.4 Å². The Labute approximate surface area is 128 Å². The van der Waals surface area contributed by atoms with Crippen LogP contribution in [0.1, 0.15) is 10.5 Å². The average molecular weight is 322 g/mol. The third-order valence-electron chi connectivity index (χ3n) is 2.81. The molecule has 0 saturated carbocycles. The number of benzene rings is 1. The van der Waals surface area contributed by atoms with Gasteiger partial charge < -0.3 is 10.6 Å². The molecule has 0 spiro atoms. The predicted molar refractivity (Wildman–Crippen MR) is 76.8 cm³/mol. The Morgan fingerprint density at radius 2 is 1.91 bits per heavy atom. The lowest BCUT2D eigenvalue weighted by Crippen LogP contribution is -2.34. The summed E-state index contributed by atoms with van der Waals surface area (Å²) in [5.74, 6) is -3.41. The van der Waals surface area contributed by atoms with E-state index < -0.39 is 30.0 Å². The number of hydrogen-bond donors (Lipinski definition) is 2. The number of aryl methyl sites for hydroxylation is 1. The summed E-state index contributed by atoms with van der Waals surface area (Å²) < 4.78 is 26.7. The standard InChI is InChI=1S/C14H12F2N4O3/c1-20-13(22)5-4-11(19-20)14(23)17-7-12(21)18-8-2-3-9(15)10(16)6-8/h2-6H,7H2,1H3,(H,17,23)(H,18,21). The minimum absolute atomic E-state index is 0.0345. The fourth-order valence-corrected chi connectivity index (χ4v) is 1.65. The highest BCUT2D eigenvalue weighted by atomic mass is 19.2. The van der Waals surface area contributed by atoms with Gasteiger partial charge in [0.15, 0.2) is 11.6 Å². The van der Waals surface area contributed by atoms with Crippen LogP contribution in [-0.4, -0.2) is 28.1 Å². The molecule has 0 aliphatic rings. The molecule has 0 radical (unpaired) electrons. The topological polar surface area (TPSA) is 93.1 Å². The van der Waals surface area contributed by atoms with Gasteiger partial charge in [0.05, 0.1) is 6.54 Å². The second-order valence-electron chi connectivity index (χ2n) is 4.54. The zero-order chi connectivity index (χ0) is 17.0. The summed E-state index contributed by atoms with van der Waals surface area (Å²) in [6.07, 6.45) is 0. The number of rotatable bonds is 4. The smallest absolute Gasteiger partial charge is 0.272 e. The first-order chi connectivity index (χ1) is 10.9. The molecule has 0 saturated heterocycles. The van der Waals surface area contributed by atoms with E-state index in [9.17, 15) is 23.2 Å². The Kier molecular flexibility index (Phi) is 4.79. The molecule has 9 heteroatoms. The van der Waals surface area contributed by atoms with E-state index in [-0.39, 0.29) is 16.9 Å². The lowest BCUT2D eigenvalue weighted by molar-refractivity contribution is -0.115. The van der Waals surface area contributed by atoms with E-state index in [2.05, 4.69) is 15.7 Å². The van der Waals surface area contributed by atoms with Crippen LogP contribution in [-0.2, 0) is 11.8 Å². The third-order valence-corrected chi connectivity index (χ3v) is 2.81. The molecule has 2 rings (SSSR count). The van der Waals surface area contributed by atoms with Crippen LogP contribution < -0.4 is 16.2 Å². The monoisotopic (exact) mass is 322 g/mol. The van der Waals surface area contributed by atoms with Gasteiger partial charge in [0.25, 0.3) is 11.5 Å². The van der Waals surface area contributed by atoms with E-state index in [1.54, 1.807) is 0 Å². The molecule has 0 unspecified atom stereocenters. The number of anilines is 1. The van der Waals surface area contributed by atoms with Crippen LogP contribution in [0, 0.1) is 11.6 Å². The summed E-state index contributed by atoms with van der Waals surface area (Å²) in [6.45, 7) is -0.400. The summed E-state index contributed by atoms with van der Waals surface area (Å²) in [4.78, 5) is 34.6. The van der Waals surface area contributed by atoms with Crippen LogP contribution in [0.4, 0.5) is 14.5 Å². The van der Waals surface area contributed by atoms with Gasteiger partial charge in [-0.15, -0.1) is 0 Å². The molecule has 1 aromatic carbocycles. The summed E-state index contributed by atoms with van der Waals surface area (Å²) in [5.41, 5.74) is -0.353. The van der Waals surface area contributed by atoms with Gasteiger partial charge in [0.1, 0.15) is 5.69 Å². The van der Waals surface area contributed by atoms with Gasteiger partial charge in [-0.1, -0.05) is 0 Å². The van der Waals surface area contributed by atoms with Crippen molar-refractivity contribution in [2.75, 3.05) is 11.9 Å². The third kappa shape index (κ3) is 4.19. The maximum atomic E-state index is 13.0. The summed E-state index contributed by atoms with van der Waals surface area (Å²) >= 11 is 0.